The van der Waals surface area contributed by atoms with Crippen LogP contribution in [0.4, 0.5) is 5.82 Å². The van der Waals surface area contributed by atoms with Crippen LogP contribution in [0.2, 0.25) is 0 Å². The van der Waals surface area contributed by atoms with Crippen molar-refractivity contribution in [3.8, 4) is 0 Å². The van der Waals surface area contributed by atoms with Gasteiger partial charge in [-0.2, -0.15) is 0 Å². The highest BCUT2D eigenvalue weighted by Gasteiger charge is 2.31. The topological polar surface area (TPSA) is 65.0 Å². The van der Waals surface area contributed by atoms with Gasteiger partial charge in [0.1, 0.15) is 5.82 Å². The Morgan fingerprint density at radius 3 is 2.72 bits per heavy atom. The summed E-state index contributed by atoms with van der Waals surface area (Å²) in [6, 6.07) is 5.13. The highest BCUT2D eigenvalue weighted by atomic mass is 127. The number of ether oxygens (including phenoxy) is 1. The Balaban J connectivity index is 0.00000300. The van der Waals surface area contributed by atoms with Crippen LogP contribution in [-0.4, -0.2) is 73.9 Å². The monoisotopic (exact) mass is 516 g/mol. The number of aromatic nitrogens is 1. The van der Waals surface area contributed by atoms with Crippen molar-refractivity contribution in [2.45, 2.75) is 46.3 Å². The lowest BCUT2D eigenvalue weighted by Crippen LogP contribution is -2.46. The fraction of sp³-hybridized carbons (Fsp3) is 0.714. The molecule has 7 nitrogen and oxygen atoms in total. The highest BCUT2D eigenvalue weighted by molar-refractivity contribution is 14.0. The molecule has 2 aliphatic rings. The molecule has 8 heteroatoms. The van der Waals surface area contributed by atoms with Gasteiger partial charge in [0.15, 0.2) is 5.96 Å². The third kappa shape index (κ3) is 6.68. The maximum atomic E-state index is 5.48. The zero-order chi connectivity index (χ0) is 19.9. The molecular weight excluding hydrogens is 479 g/mol. The van der Waals surface area contributed by atoms with Crippen LogP contribution in [0.15, 0.2) is 23.3 Å². The molecule has 2 unspecified atom stereocenters. The Morgan fingerprint density at radius 2 is 2.07 bits per heavy atom. The molecule has 3 rings (SSSR count). The third-order valence-electron chi connectivity index (χ3n) is 5.62. The SMILES string of the molecule is CCNC(=NCc1cccnc1N1CCOCC1)NC1CN(C(C)C)CC1C.I. The molecule has 2 aliphatic heterocycles. The molecule has 1 aromatic rings. The van der Waals surface area contributed by atoms with Crippen molar-refractivity contribution >= 4 is 35.8 Å². The first kappa shape index (κ1) is 24.1. The van der Waals surface area contributed by atoms with E-state index in [1.165, 1.54) is 0 Å². The molecule has 164 valence electrons. The van der Waals surface area contributed by atoms with Gasteiger partial charge in [-0.05, 0) is 32.8 Å². The first-order valence-corrected chi connectivity index (χ1v) is 10.6. The summed E-state index contributed by atoms with van der Waals surface area (Å²) in [6.45, 7) is 15.9. The fourth-order valence-electron chi connectivity index (χ4n) is 3.89. The summed E-state index contributed by atoms with van der Waals surface area (Å²) < 4.78 is 5.48. The van der Waals surface area contributed by atoms with Gasteiger partial charge in [0.2, 0.25) is 0 Å². The Labute approximate surface area is 192 Å². The van der Waals surface area contributed by atoms with Crippen molar-refractivity contribution in [3.05, 3.63) is 23.9 Å². The van der Waals surface area contributed by atoms with Gasteiger partial charge in [-0.3, -0.25) is 4.90 Å². The van der Waals surface area contributed by atoms with Crippen molar-refractivity contribution in [1.29, 1.82) is 0 Å². The van der Waals surface area contributed by atoms with Gasteiger partial charge in [0.05, 0.1) is 19.8 Å². The van der Waals surface area contributed by atoms with Crippen molar-refractivity contribution in [2.24, 2.45) is 10.9 Å². The number of rotatable bonds is 6. The quantitative estimate of drug-likeness (QED) is 0.344. The average Bonchev–Trinajstić information content (AvgIpc) is 3.08. The Kier molecular flexibility index (Phi) is 9.91. The molecule has 0 amide bonds. The van der Waals surface area contributed by atoms with Gasteiger partial charge in [-0.25, -0.2) is 9.98 Å². The van der Waals surface area contributed by atoms with E-state index in [1.54, 1.807) is 0 Å². The Morgan fingerprint density at radius 1 is 1.31 bits per heavy atom. The second-order valence-corrected chi connectivity index (χ2v) is 8.06. The Hall–Kier alpha value is -1.13. The normalized spacial score (nSPS) is 23.2. The average molecular weight is 516 g/mol. The van der Waals surface area contributed by atoms with Crippen LogP contribution in [-0.2, 0) is 11.3 Å². The molecule has 0 spiro atoms. The minimum atomic E-state index is 0. The summed E-state index contributed by atoms with van der Waals surface area (Å²) in [5, 5.41) is 7.07. The first-order valence-electron chi connectivity index (χ1n) is 10.6. The van der Waals surface area contributed by atoms with Gasteiger partial charge in [0, 0.05) is 56.6 Å². The highest BCUT2D eigenvalue weighted by Crippen LogP contribution is 2.20. The second kappa shape index (κ2) is 11.9. The lowest BCUT2D eigenvalue weighted by Gasteiger charge is -2.29. The fourth-order valence-corrected chi connectivity index (χ4v) is 3.89. The number of halogens is 1. The second-order valence-electron chi connectivity index (χ2n) is 8.06. The van der Waals surface area contributed by atoms with E-state index in [1.807, 2.05) is 12.3 Å². The van der Waals surface area contributed by atoms with E-state index in [2.05, 4.69) is 59.2 Å². The summed E-state index contributed by atoms with van der Waals surface area (Å²) in [7, 11) is 0. The molecule has 0 radical (unpaired) electrons. The predicted molar refractivity (Wildman–Crippen MR) is 130 cm³/mol. The van der Waals surface area contributed by atoms with E-state index < -0.39 is 0 Å². The number of aliphatic imine (C=N–C) groups is 1. The van der Waals surface area contributed by atoms with Crippen LogP contribution in [0.3, 0.4) is 0 Å². The molecule has 1 aromatic heterocycles. The largest absolute Gasteiger partial charge is 0.378 e. The summed E-state index contributed by atoms with van der Waals surface area (Å²) in [5.41, 5.74) is 1.16. The predicted octanol–water partition coefficient (Wildman–Crippen LogP) is 2.32. The van der Waals surface area contributed by atoms with Crippen molar-refractivity contribution in [1.82, 2.24) is 20.5 Å². The molecule has 2 N–H and O–H groups in total. The summed E-state index contributed by atoms with van der Waals surface area (Å²) in [4.78, 5) is 14.3. The number of hydrogen-bond donors (Lipinski definition) is 2. The van der Waals surface area contributed by atoms with Crippen LogP contribution in [0.25, 0.3) is 0 Å². The molecule has 0 aromatic carbocycles. The zero-order valence-electron chi connectivity index (χ0n) is 18.2. The summed E-state index contributed by atoms with van der Waals surface area (Å²) in [6.07, 6.45) is 1.86. The summed E-state index contributed by atoms with van der Waals surface area (Å²) >= 11 is 0. The third-order valence-corrected chi connectivity index (χ3v) is 5.62. The molecule has 2 fully saturated rings. The molecule has 3 heterocycles. The molecular formula is C21H37IN6O. The minimum absolute atomic E-state index is 0. The van der Waals surface area contributed by atoms with Gasteiger partial charge in [0.25, 0.3) is 0 Å². The maximum absolute atomic E-state index is 5.48. The number of morpholine rings is 1. The van der Waals surface area contributed by atoms with Crippen molar-refractivity contribution in [3.63, 3.8) is 0 Å². The number of anilines is 1. The van der Waals surface area contributed by atoms with Crippen molar-refractivity contribution in [2.75, 3.05) is 50.8 Å². The number of nitrogens with zero attached hydrogens (tertiary/aromatic N) is 4. The molecule has 29 heavy (non-hydrogen) atoms. The lowest BCUT2D eigenvalue weighted by molar-refractivity contribution is 0.122. The maximum Gasteiger partial charge on any atom is 0.191 e. The van der Waals surface area contributed by atoms with Crippen molar-refractivity contribution < 1.29 is 4.74 Å². The first-order chi connectivity index (χ1) is 13.6. The van der Waals surface area contributed by atoms with E-state index in [9.17, 15) is 0 Å². The van der Waals surface area contributed by atoms with E-state index >= 15 is 0 Å². The number of guanidine groups is 1. The number of likely N-dealkylation sites (tertiary alicyclic amines) is 1. The van der Waals surface area contributed by atoms with E-state index in [0.717, 1.165) is 63.3 Å². The molecule has 0 aliphatic carbocycles. The van der Waals surface area contributed by atoms with Gasteiger partial charge < -0.3 is 20.3 Å². The van der Waals surface area contributed by atoms with Crippen LogP contribution >= 0.6 is 24.0 Å². The Bertz CT molecular complexity index is 650. The number of hydrogen-bond acceptors (Lipinski definition) is 5. The summed E-state index contributed by atoms with van der Waals surface area (Å²) in [5.74, 6) is 2.53. The van der Waals surface area contributed by atoms with Crippen LogP contribution in [0.5, 0.6) is 0 Å². The molecule has 0 saturated carbocycles. The number of pyridine rings is 1. The van der Waals surface area contributed by atoms with Gasteiger partial charge in [-0.1, -0.05) is 13.0 Å². The van der Waals surface area contributed by atoms with Gasteiger partial charge >= 0.3 is 0 Å². The standard InChI is InChI=1S/C21H36N6O.HI/c1-5-22-21(25-19-15-27(16(2)3)14-17(19)4)24-13-18-7-6-8-23-20(18)26-9-11-28-12-10-26;/h6-8,16-17,19H,5,9-15H2,1-4H3,(H2,22,24,25);1H. The smallest absolute Gasteiger partial charge is 0.191 e. The van der Waals surface area contributed by atoms with Crippen LogP contribution in [0.1, 0.15) is 33.3 Å². The number of nitrogens with one attached hydrogen (secondary N) is 2. The minimum Gasteiger partial charge on any atom is -0.378 e. The molecule has 0 bridgehead atoms. The molecule has 2 atom stereocenters. The van der Waals surface area contributed by atoms with E-state index in [-0.39, 0.29) is 24.0 Å². The zero-order valence-corrected chi connectivity index (χ0v) is 20.6. The lowest BCUT2D eigenvalue weighted by atomic mass is 10.1. The van der Waals surface area contributed by atoms with Crippen LogP contribution < -0.4 is 15.5 Å². The van der Waals surface area contributed by atoms with E-state index in [4.69, 9.17) is 9.73 Å². The molecule has 2 saturated heterocycles. The van der Waals surface area contributed by atoms with Crippen LogP contribution in [0, 0.1) is 5.92 Å². The van der Waals surface area contributed by atoms with Gasteiger partial charge in [-0.15, -0.1) is 24.0 Å². The van der Waals surface area contributed by atoms with E-state index in [0.29, 0.717) is 24.5 Å².